The summed E-state index contributed by atoms with van der Waals surface area (Å²) in [5.74, 6) is -0.715. The molecule has 0 radical (unpaired) electrons. The van der Waals surface area contributed by atoms with Crippen LogP contribution in [0.2, 0.25) is 0 Å². The van der Waals surface area contributed by atoms with Crippen molar-refractivity contribution in [3.63, 3.8) is 0 Å². The molecular weight excluding hydrogens is 226 g/mol. The summed E-state index contributed by atoms with van der Waals surface area (Å²) in [4.78, 5) is 11.6. The Balaban J connectivity index is 2.26. The minimum Gasteiger partial charge on any atom is -0.480 e. The van der Waals surface area contributed by atoms with Crippen molar-refractivity contribution in [1.29, 1.82) is 0 Å². The zero-order valence-corrected chi connectivity index (χ0v) is 10.9. The second-order valence-corrected chi connectivity index (χ2v) is 5.08. The molecule has 0 spiro atoms. The van der Waals surface area contributed by atoms with E-state index in [-0.39, 0.29) is 0 Å². The van der Waals surface area contributed by atoms with Crippen LogP contribution in [0.4, 0.5) is 5.69 Å². The number of carboxylic acid groups (broad SMARTS) is 1. The number of aryl methyl sites for hydroxylation is 1. The minimum atomic E-state index is -0.760. The van der Waals surface area contributed by atoms with Gasteiger partial charge in [-0.15, -0.1) is 0 Å². The van der Waals surface area contributed by atoms with Gasteiger partial charge in [-0.1, -0.05) is 44.4 Å². The zero-order chi connectivity index (χ0) is 13.0. The quantitative estimate of drug-likeness (QED) is 0.856. The van der Waals surface area contributed by atoms with Crippen LogP contribution in [-0.2, 0) is 11.2 Å². The standard InChI is InChI=1S/C15H21NO2/c1-2-12-8-4-5-9-13(12)16-15(14(17)18)10-6-3-7-11-15/h4-5,8-9,16H,2-3,6-7,10-11H2,1H3,(H,17,18). The van der Waals surface area contributed by atoms with Gasteiger partial charge in [0.25, 0.3) is 0 Å². The number of anilines is 1. The molecule has 2 N–H and O–H groups in total. The predicted octanol–water partition coefficient (Wildman–Crippen LogP) is 3.45. The van der Waals surface area contributed by atoms with E-state index in [2.05, 4.69) is 18.3 Å². The maximum Gasteiger partial charge on any atom is 0.329 e. The topological polar surface area (TPSA) is 49.3 Å². The van der Waals surface area contributed by atoms with Crippen LogP contribution in [0.3, 0.4) is 0 Å². The van der Waals surface area contributed by atoms with Crippen LogP contribution in [0, 0.1) is 0 Å². The van der Waals surface area contributed by atoms with Crippen LogP contribution in [-0.4, -0.2) is 16.6 Å². The molecule has 0 unspecified atom stereocenters. The number of hydrogen-bond donors (Lipinski definition) is 2. The second-order valence-electron chi connectivity index (χ2n) is 5.08. The van der Waals surface area contributed by atoms with Gasteiger partial charge in [0.2, 0.25) is 0 Å². The van der Waals surface area contributed by atoms with Crippen molar-refractivity contribution in [1.82, 2.24) is 0 Å². The molecule has 1 saturated carbocycles. The first kappa shape index (κ1) is 12.9. The van der Waals surface area contributed by atoms with E-state index in [0.717, 1.165) is 44.2 Å². The zero-order valence-electron chi connectivity index (χ0n) is 10.9. The highest BCUT2D eigenvalue weighted by Crippen LogP contribution is 2.33. The van der Waals surface area contributed by atoms with Gasteiger partial charge < -0.3 is 10.4 Å². The highest BCUT2D eigenvalue weighted by Gasteiger charge is 2.39. The molecule has 0 saturated heterocycles. The van der Waals surface area contributed by atoms with Gasteiger partial charge in [-0.25, -0.2) is 4.79 Å². The van der Waals surface area contributed by atoms with E-state index in [1.165, 1.54) is 5.56 Å². The lowest BCUT2D eigenvalue weighted by Gasteiger charge is -2.35. The van der Waals surface area contributed by atoms with Crippen molar-refractivity contribution < 1.29 is 9.90 Å². The first-order valence-electron chi connectivity index (χ1n) is 6.77. The molecule has 1 aliphatic rings. The molecule has 1 fully saturated rings. The van der Waals surface area contributed by atoms with E-state index >= 15 is 0 Å². The van der Waals surface area contributed by atoms with Crippen molar-refractivity contribution in [3.8, 4) is 0 Å². The third-order valence-corrected chi connectivity index (χ3v) is 3.89. The number of hydrogen-bond acceptors (Lipinski definition) is 2. The van der Waals surface area contributed by atoms with Crippen LogP contribution < -0.4 is 5.32 Å². The number of carboxylic acids is 1. The molecule has 0 aromatic heterocycles. The average Bonchev–Trinajstić information content (AvgIpc) is 2.40. The number of rotatable bonds is 4. The summed E-state index contributed by atoms with van der Waals surface area (Å²) in [6.45, 7) is 2.09. The van der Waals surface area contributed by atoms with Crippen molar-refractivity contribution in [2.24, 2.45) is 0 Å². The first-order valence-corrected chi connectivity index (χ1v) is 6.77. The molecule has 0 heterocycles. The number of aliphatic carboxylic acids is 1. The number of nitrogens with one attached hydrogen (secondary N) is 1. The average molecular weight is 247 g/mol. The summed E-state index contributed by atoms with van der Waals surface area (Å²) in [7, 11) is 0. The van der Waals surface area contributed by atoms with Crippen LogP contribution in [0.5, 0.6) is 0 Å². The number of para-hydroxylation sites is 1. The van der Waals surface area contributed by atoms with Crippen molar-refractivity contribution >= 4 is 11.7 Å². The Bertz CT molecular complexity index is 422. The number of carbonyl (C=O) groups is 1. The minimum absolute atomic E-state index is 0.715. The van der Waals surface area contributed by atoms with Gasteiger partial charge in [0, 0.05) is 5.69 Å². The summed E-state index contributed by atoms with van der Waals surface area (Å²) >= 11 is 0. The summed E-state index contributed by atoms with van der Waals surface area (Å²) in [5, 5.41) is 12.9. The van der Waals surface area contributed by atoms with Crippen LogP contribution >= 0.6 is 0 Å². The lowest BCUT2D eigenvalue weighted by Crippen LogP contribution is -2.48. The fourth-order valence-electron chi connectivity index (χ4n) is 2.76. The van der Waals surface area contributed by atoms with Crippen LogP contribution in [0.1, 0.15) is 44.6 Å². The van der Waals surface area contributed by atoms with Gasteiger partial charge in [-0.05, 0) is 30.9 Å². The van der Waals surface area contributed by atoms with Crippen molar-refractivity contribution in [2.75, 3.05) is 5.32 Å². The highest BCUT2D eigenvalue weighted by molar-refractivity contribution is 5.83. The van der Waals surface area contributed by atoms with E-state index in [4.69, 9.17) is 0 Å². The largest absolute Gasteiger partial charge is 0.480 e. The van der Waals surface area contributed by atoms with Gasteiger partial charge in [-0.3, -0.25) is 0 Å². The predicted molar refractivity (Wildman–Crippen MR) is 72.9 cm³/mol. The SMILES string of the molecule is CCc1ccccc1NC1(C(=O)O)CCCCC1. The lowest BCUT2D eigenvalue weighted by molar-refractivity contribution is -0.143. The summed E-state index contributed by atoms with van der Waals surface area (Å²) in [5.41, 5.74) is 1.40. The summed E-state index contributed by atoms with van der Waals surface area (Å²) in [6, 6.07) is 8.00. The Morgan fingerprint density at radius 3 is 2.56 bits per heavy atom. The van der Waals surface area contributed by atoms with E-state index < -0.39 is 11.5 Å². The highest BCUT2D eigenvalue weighted by atomic mass is 16.4. The second kappa shape index (κ2) is 5.42. The van der Waals surface area contributed by atoms with Crippen LogP contribution in [0.15, 0.2) is 24.3 Å². The molecule has 0 bridgehead atoms. The van der Waals surface area contributed by atoms with E-state index in [9.17, 15) is 9.90 Å². The number of benzene rings is 1. The molecule has 1 aromatic carbocycles. The van der Waals surface area contributed by atoms with Crippen molar-refractivity contribution in [3.05, 3.63) is 29.8 Å². The molecule has 98 valence electrons. The molecular formula is C15H21NO2. The lowest BCUT2D eigenvalue weighted by atomic mass is 9.81. The smallest absolute Gasteiger partial charge is 0.329 e. The Labute approximate surface area is 108 Å². The van der Waals surface area contributed by atoms with Gasteiger partial charge in [-0.2, -0.15) is 0 Å². The van der Waals surface area contributed by atoms with Gasteiger partial charge in [0.15, 0.2) is 0 Å². The normalized spacial score (nSPS) is 18.3. The summed E-state index contributed by atoms with van der Waals surface area (Å²) < 4.78 is 0. The molecule has 3 heteroatoms. The first-order chi connectivity index (χ1) is 8.68. The monoisotopic (exact) mass is 247 g/mol. The Morgan fingerprint density at radius 2 is 1.94 bits per heavy atom. The molecule has 2 rings (SSSR count). The third-order valence-electron chi connectivity index (χ3n) is 3.89. The molecule has 1 aromatic rings. The molecule has 0 aliphatic heterocycles. The maximum atomic E-state index is 11.6. The van der Waals surface area contributed by atoms with Crippen molar-refractivity contribution in [2.45, 2.75) is 51.0 Å². The Hall–Kier alpha value is -1.51. The fraction of sp³-hybridized carbons (Fsp3) is 0.533. The summed E-state index contributed by atoms with van der Waals surface area (Å²) in [6.07, 6.45) is 5.49. The fourth-order valence-corrected chi connectivity index (χ4v) is 2.76. The maximum absolute atomic E-state index is 11.6. The van der Waals surface area contributed by atoms with E-state index in [1.807, 2.05) is 18.2 Å². The molecule has 18 heavy (non-hydrogen) atoms. The Kier molecular flexibility index (Phi) is 3.90. The van der Waals surface area contributed by atoms with Gasteiger partial charge in [0.05, 0.1) is 0 Å². The molecule has 0 atom stereocenters. The van der Waals surface area contributed by atoms with E-state index in [1.54, 1.807) is 0 Å². The van der Waals surface area contributed by atoms with Gasteiger partial charge >= 0.3 is 5.97 Å². The molecule has 3 nitrogen and oxygen atoms in total. The Morgan fingerprint density at radius 1 is 1.28 bits per heavy atom. The molecule has 1 aliphatic carbocycles. The van der Waals surface area contributed by atoms with Crippen LogP contribution in [0.25, 0.3) is 0 Å². The third kappa shape index (κ3) is 2.50. The van der Waals surface area contributed by atoms with Gasteiger partial charge in [0.1, 0.15) is 5.54 Å². The molecule has 0 amide bonds. The van der Waals surface area contributed by atoms with E-state index in [0.29, 0.717) is 0 Å².